The standard InChI is InChI=1S/C16H27N.ClH/c1-3-5-12-16(14-17,13-6-4-2)15-10-8-7-9-11-15;/h7-11H,3-6,12-14,17H2,1-2H3;1H. The van der Waals surface area contributed by atoms with Crippen molar-refractivity contribution in [3.05, 3.63) is 35.9 Å². The molecule has 18 heavy (non-hydrogen) atoms. The number of unbranched alkanes of at least 4 members (excludes halogenated alkanes) is 2. The van der Waals surface area contributed by atoms with Crippen molar-refractivity contribution in [1.82, 2.24) is 0 Å². The van der Waals surface area contributed by atoms with Crippen LogP contribution < -0.4 is 5.73 Å². The maximum absolute atomic E-state index is 6.12. The molecule has 0 aromatic heterocycles. The lowest BCUT2D eigenvalue weighted by Gasteiger charge is -2.33. The average Bonchev–Trinajstić information content (AvgIpc) is 2.41. The molecule has 0 spiro atoms. The lowest BCUT2D eigenvalue weighted by molar-refractivity contribution is 0.350. The van der Waals surface area contributed by atoms with E-state index in [2.05, 4.69) is 44.2 Å². The van der Waals surface area contributed by atoms with E-state index in [1.54, 1.807) is 0 Å². The summed E-state index contributed by atoms with van der Waals surface area (Å²) < 4.78 is 0. The van der Waals surface area contributed by atoms with Gasteiger partial charge in [0.25, 0.3) is 0 Å². The molecule has 2 N–H and O–H groups in total. The third-order valence-corrected chi connectivity index (χ3v) is 3.79. The second-order valence-corrected chi connectivity index (χ2v) is 5.06. The van der Waals surface area contributed by atoms with Gasteiger partial charge in [-0.15, -0.1) is 12.4 Å². The molecule has 0 aliphatic heterocycles. The molecule has 0 unspecified atom stereocenters. The highest BCUT2D eigenvalue weighted by Crippen LogP contribution is 2.34. The Hall–Kier alpha value is -0.530. The van der Waals surface area contributed by atoms with E-state index in [4.69, 9.17) is 5.73 Å². The maximum atomic E-state index is 6.12. The minimum absolute atomic E-state index is 0. The zero-order valence-electron chi connectivity index (χ0n) is 11.8. The summed E-state index contributed by atoms with van der Waals surface area (Å²) in [7, 11) is 0. The topological polar surface area (TPSA) is 26.0 Å². The van der Waals surface area contributed by atoms with E-state index in [0.29, 0.717) is 0 Å². The van der Waals surface area contributed by atoms with Crippen molar-refractivity contribution in [2.45, 2.75) is 57.8 Å². The molecule has 0 saturated heterocycles. The summed E-state index contributed by atoms with van der Waals surface area (Å²) in [4.78, 5) is 0. The van der Waals surface area contributed by atoms with Crippen LogP contribution >= 0.6 is 12.4 Å². The van der Waals surface area contributed by atoms with Crippen molar-refractivity contribution in [3.63, 3.8) is 0 Å². The molecule has 0 aliphatic rings. The van der Waals surface area contributed by atoms with Gasteiger partial charge in [0.1, 0.15) is 0 Å². The molecule has 0 atom stereocenters. The van der Waals surface area contributed by atoms with Crippen molar-refractivity contribution in [2.24, 2.45) is 5.73 Å². The monoisotopic (exact) mass is 269 g/mol. The molecule has 2 heteroatoms. The van der Waals surface area contributed by atoms with E-state index in [-0.39, 0.29) is 17.8 Å². The van der Waals surface area contributed by atoms with Gasteiger partial charge in [-0.3, -0.25) is 0 Å². The number of rotatable bonds is 8. The fraction of sp³-hybridized carbons (Fsp3) is 0.625. The molecule has 1 nitrogen and oxygen atoms in total. The van der Waals surface area contributed by atoms with Gasteiger partial charge in [-0.2, -0.15) is 0 Å². The fourth-order valence-corrected chi connectivity index (χ4v) is 2.56. The van der Waals surface area contributed by atoms with Gasteiger partial charge in [0.2, 0.25) is 0 Å². The Morgan fingerprint density at radius 1 is 0.944 bits per heavy atom. The Morgan fingerprint density at radius 2 is 1.44 bits per heavy atom. The van der Waals surface area contributed by atoms with Gasteiger partial charge in [0, 0.05) is 12.0 Å². The van der Waals surface area contributed by atoms with E-state index in [1.807, 2.05) is 0 Å². The molecule has 0 heterocycles. The minimum atomic E-state index is 0. The Morgan fingerprint density at radius 3 is 1.83 bits per heavy atom. The van der Waals surface area contributed by atoms with Crippen LogP contribution in [0.3, 0.4) is 0 Å². The summed E-state index contributed by atoms with van der Waals surface area (Å²) in [5, 5.41) is 0. The number of nitrogens with two attached hydrogens (primary N) is 1. The van der Waals surface area contributed by atoms with Crippen molar-refractivity contribution in [2.75, 3.05) is 6.54 Å². The Labute approximate surface area is 119 Å². The fourth-order valence-electron chi connectivity index (χ4n) is 2.56. The molecule has 0 saturated carbocycles. The minimum Gasteiger partial charge on any atom is -0.330 e. The summed E-state index contributed by atoms with van der Waals surface area (Å²) >= 11 is 0. The molecule has 1 aromatic carbocycles. The largest absolute Gasteiger partial charge is 0.330 e. The molecule has 0 fully saturated rings. The van der Waals surface area contributed by atoms with E-state index in [9.17, 15) is 0 Å². The van der Waals surface area contributed by atoms with Gasteiger partial charge >= 0.3 is 0 Å². The second-order valence-electron chi connectivity index (χ2n) is 5.06. The predicted octanol–water partition coefficient (Wildman–Crippen LogP) is 4.69. The van der Waals surface area contributed by atoms with Crippen LogP contribution in [0.5, 0.6) is 0 Å². The van der Waals surface area contributed by atoms with Crippen LogP contribution in [-0.2, 0) is 5.41 Å². The van der Waals surface area contributed by atoms with E-state index in [1.165, 1.54) is 44.1 Å². The van der Waals surface area contributed by atoms with Crippen LogP contribution in [0, 0.1) is 0 Å². The molecule has 1 rings (SSSR count). The van der Waals surface area contributed by atoms with Gasteiger partial charge in [0.15, 0.2) is 0 Å². The van der Waals surface area contributed by atoms with Crippen LogP contribution in [0.15, 0.2) is 30.3 Å². The van der Waals surface area contributed by atoms with Gasteiger partial charge in [-0.05, 0) is 18.4 Å². The highest BCUT2D eigenvalue weighted by Gasteiger charge is 2.29. The average molecular weight is 270 g/mol. The summed E-state index contributed by atoms with van der Waals surface area (Å²) in [6, 6.07) is 10.9. The molecule has 0 amide bonds. The first-order valence-corrected chi connectivity index (χ1v) is 7.04. The summed E-state index contributed by atoms with van der Waals surface area (Å²) in [6.45, 7) is 5.29. The van der Waals surface area contributed by atoms with Gasteiger partial charge < -0.3 is 5.73 Å². The lowest BCUT2D eigenvalue weighted by atomic mass is 9.73. The van der Waals surface area contributed by atoms with Crippen LogP contribution in [0.1, 0.15) is 57.9 Å². The predicted molar refractivity (Wildman–Crippen MR) is 83.5 cm³/mol. The smallest absolute Gasteiger partial charge is 0.00755 e. The molecule has 0 aliphatic carbocycles. The Balaban J connectivity index is 0.00000289. The zero-order valence-corrected chi connectivity index (χ0v) is 12.6. The van der Waals surface area contributed by atoms with Crippen LogP contribution in [0.25, 0.3) is 0 Å². The van der Waals surface area contributed by atoms with E-state index >= 15 is 0 Å². The number of halogens is 1. The van der Waals surface area contributed by atoms with Gasteiger partial charge in [0.05, 0.1) is 0 Å². The van der Waals surface area contributed by atoms with Crippen molar-refractivity contribution < 1.29 is 0 Å². The molecule has 104 valence electrons. The number of hydrogen-bond donors (Lipinski definition) is 1. The molecule has 1 aromatic rings. The SMILES string of the molecule is CCCCC(CN)(CCCC)c1ccccc1.Cl. The molecule has 0 bridgehead atoms. The number of hydrogen-bond acceptors (Lipinski definition) is 1. The molecular formula is C16H28ClN. The van der Waals surface area contributed by atoms with Gasteiger partial charge in [-0.1, -0.05) is 69.9 Å². The first kappa shape index (κ1) is 17.5. The normalized spacial score (nSPS) is 11.1. The zero-order chi connectivity index (χ0) is 12.6. The van der Waals surface area contributed by atoms with Crippen molar-refractivity contribution in [3.8, 4) is 0 Å². The summed E-state index contributed by atoms with van der Waals surface area (Å²) in [5.41, 5.74) is 7.77. The summed E-state index contributed by atoms with van der Waals surface area (Å²) in [5.74, 6) is 0. The van der Waals surface area contributed by atoms with E-state index in [0.717, 1.165) is 6.54 Å². The van der Waals surface area contributed by atoms with Crippen molar-refractivity contribution >= 4 is 12.4 Å². The van der Waals surface area contributed by atoms with Crippen LogP contribution in [0.2, 0.25) is 0 Å². The number of benzene rings is 1. The highest BCUT2D eigenvalue weighted by molar-refractivity contribution is 5.85. The maximum Gasteiger partial charge on any atom is 0.00755 e. The third kappa shape index (κ3) is 4.62. The van der Waals surface area contributed by atoms with Crippen molar-refractivity contribution in [1.29, 1.82) is 0 Å². The quantitative estimate of drug-likeness (QED) is 0.728. The second kappa shape index (κ2) is 9.41. The first-order valence-electron chi connectivity index (χ1n) is 7.04. The Bertz CT molecular complexity index is 289. The third-order valence-electron chi connectivity index (χ3n) is 3.79. The van der Waals surface area contributed by atoms with E-state index < -0.39 is 0 Å². The Kier molecular flexibility index (Phi) is 9.13. The molecule has 0 radical (unpaired) electrons. The lowest BCUT2D eigenvalue weighted by Crippen LogP contribution is -2.35. The van der Waals surface area contributed by atoms with Crippen LogP contribution in [0.4, 0.5) is 0 Å². The molecular weight excluding hydrogens is 242 g/mol. The summed E-state index contributed by atoms with van der Waals surface area (Å²) in [6.07, 6.45) is 7.50. The van der Waals surface area contributed by atoms with Gasteiger partial charge in [-0.25, -0.2) is 0 Å². The first-order chi connectivity index (χ1) is 8.29. The van der Waals surface area contributed by atoms with Crippen LogP contribution in [-0.4, -0.2) is 6.54 Å². The highest BCUT2D eigenvalue weighted by atomic mass is 35.5.